The van der Waals surface area contributed by atoms with Gasteiger partial charge in [0.2, 0.25) is 5.88 Å². The summed E-state index contributed by atoms with van der Waals surface area (Å²) >= 11 is 5.87. The summed E-state index contributed by atoms with van der Waals surface area (Å²) in [6.45, 7) is 9.93. The zero-order valence-corrected chi connectivity index (χ0v) is 27.6. The molecule has 1 aliphatic carbocycles. The molecule has 7 nitrogen and oxygen atoms in total. The molecule has 1 unspecified atom stereocenters. The number of aliphatic hydroxyl groups excluding tert-OH is 1. The van der Waals surface area contributed by atoms with Crippen LogP contribution in [0.25, 0.3) is 5.57 Å². The van der Waals surface area contributed by atoms with E-state index in [2.05, 4.69) is 36.3 Å². The van der Waals surface area contributed by atoms with Crippen molar-refractivity contribution in [3.05, 3.63) is 93.1 Å². The molecular formula is C36H42ClF2N3O4. The molecule has 1 atom stereocenters. The van der Waals surface area contributed by atoms with E-state index in [1.165, 1.54) is 0 Å². The molecule has 10 heteroatoms. The lowest BCUT2D eigenvalue weighted by Crippen LogP contribution is -2.44. The van der Waals surface area contributed by atoms with E-state index in [9.17, 15) is 18.7 Å². The van der Waals surface area contributed by atoms with Crippen molar-refractivity contribution in [3.63, 3.8) is 0 Å². The highest BCUT2D eigenvalue weighted by Gasteiger charge is 2.39. The van der Waals surface area contributed by atoms with E-state index < -0.39 is 17.7 Å². The molecule has 0 spiro atoms. The Kier molecular flexibility index (Phi) is 10.7. The third-order valence-electron chi connectivity index (χ3n) is 8.53. The van der Waals surface area contributed by atoms with Crippen LogP contribution in [-0.2, 0) is 17.8 Å². The Morgan fingerprint density at radius 1 is 1.13 bits per heavy atom. The molecule has 0 bridgehead atoms. The minimum Gasteiger partial charge on any atom is -0.489 e. The number of halogens is 3. The maximum atomic E-state index is 14.4. The first-order valence-electron chi connectivity index (χ1n) is 15.8. The Morgan fingerprint density at radius 3 is 2.54 bits per heavy atom. The summed E-state index contributed by atoms with van der Waals surface area (Å²) < 4.78 is 38.9. The fourth-order valence-corrected chi connectivity index (χ4v) is 6.15. The second kappa shape index (κ2) is 14.5. The number of aromatic nitrogens is 1. The van der Waals surface area contributed by atoms with Crippen LogP contribution in [-0.4, -0.2) is 59.3 Å². The van der Waals surface area contributed by atoms with Crippen molar-refractivity contribution in [2.24, 2.45) is 5.41 Å². The van der Waals surface area contributed by atoms with Crippen LogP contribution in [0.4, 0.5) is 8.78 Å². The molecule has 1 amide bonds. The molecule has 1 saturated carbocycles. The largest absolute Gasteiger partial charge is 0.489 e. The predicted octanol–water partition coefficient (Wildman–Crippen LogP) is 6.67. The third kappa shape index (κ3) is 7.88. The second-order valence-electron chi connectivity index (χ2n) is 12.9. The first-order valence-corrected chi connectivity index (χ1v) is 16.2. The topological polar surface area (TPSA) is 83.9 Å². The number of carbonyl (C=O) groups is 1. The Morgan fingerprint density at radius 2 is 1.85 bits per heavy atom. The molecular weight excluding hydrogens is 612 g/mol. The highest BCUT2D eigenvalue weighted by Crippen LogP contribution is 2.41. The van der Waals surface area contributed by atoms with E-state index in [-0.39, 0.29) is 41.3 Å². The van der Waals surface area contributed by atoms with Crippen LogP contribution in [0, 0.1) is 24.0 Å². The first kappa shape index (κ1) is 33.8. The molecule has 1 fully saturated rings. The normalized spacial score (nSPS) is 16.7. The van der Waals surface area contributed by atoms with Gasteiger partial charge in [-0.3, -0.25) is 4.79 Å². The molecule has 3 aromatic rings. The summed E-state index contributed by atoms with van der Waals surface area (Å²) in [6.07, 6.45) is 4.28. The van der Waals surface area contributed by atoms with E-state index in [1.807, 2.05) is 30.0 Å². The number of rotatable bonds is 13. The molecule has 1 aromatic heterocycles. The fraction of sp³-hybridized carbons (Fsp3) is 0.444. The fourth-order valence-electron chi connectivity index (χ4n) is 5.94. The molecule has 2 aliphatic rings. The van der Waals surface area contributed by atoms with Crippen molar-refractivity contribution < 1.29 is 28.2 Å². The lowest BCUT2D eigenvalue weighted by molar-refractivity contribution is -0.128. The number of nitrogens with one attached hydrogen (secondary N) is 1. The molecule has 2 aromatic carbocycles. The van der Waals surface area contributed by atoms with Crippen molar-refractivity contribution in [2.75, 3.05) is 26.3 Å². The van der Waals surface area contributed by atoms with Crippen molar-refractivity contribution in [2.45, 2.75) is 72.1 Å². The zero-order chi connectivity index (χ0) is 33.0. The predicted molar refractivity (Wildman–Crippen MR) is 175 cm³/mol. The number of hydrogen-bond acceptors (Lipinski definition) is 6. The van der Waals surface area contributed by atoms with E-state index in [4.69, 9.17) is 21.1 Å². The Balaban J connectivity index is 1.32. The van der Waals surface area contributed by atoms with Gasteiger partial charge in [-0.1, -0.05) is 49.7 Å². The molecule has 0 radical (unpaired) electrons. The summed E-state index contributed by atoms with van der Waals surface area (Å²) in [6, 6.07) is 12.3. The van der Waals surface area contributed by atoms with Gasteiger partial charge in [-0.05, 0) is 80.0 Å². The molecule has 0 saturated heterocycles. The van der Waals surface area contributed by atoms with Gasteiger partial charge in [0, 0.05) is 48.4 Å². The number of pyridine rings is 1. The summed E-state index contributed by atoms with van der Waals surface area (Å²) in [7, 11) is 0. The quantitative estimate of drug-likeness (QED) is 0.158. The van der Waals surface area contributed by atoms with Gasteiger partial charge in [0.1, 0.15) is 17.4 Å². The Hall–Kier alpha value is -3.53. The monoisotopic (exact) mass is 653 g/mol. The molecule has 246 valence electrons. The van der Waals surface area contributed by atoms with Crippen LogP contribution in [0.2, 0.25) is 5.02 Å². The molecule has 5 rings (SSSR count). The van der Waals surface area contributed by atoms with E-state index in [0.717, 1.165) is 64.9 Å². The Labute approximate surface area is 274 Å². The average Bonchev–Trinajstić information content (AvgIpc) is 3.86. The summed E-state index contributed by atoms with van der Waals surface area (Å²) in [5.74, 6) is -1.18. The van der Waals surface area contributed by atoms with Gasteiger partial charge in [0.15, 0.2) is 11.6 Å². The highest BCUT2D eigenvalue weighted by molar-refractivity contribution is 6.32. The van der Waals surface area contributed by atoms with Crippen LogP contribution in [0.3, 0.4) is 0 Å². The van der Waals surface area contributed by atoms with Crippen LogP contribution in [0.1, 0.15) is 62.3 Å². The first-order chi connectivity index (χ1) is 22.0. The van der Waals surface area contributed by atoms with Crippen molar-refractivity contribution in [1.82, 2.24) is 15.2 Å². The van der Waals surface area contributed by atoms with Gasteiger partial charge >= 0.3 is 0 Å². The Bertz CT molecular complexity index is 1590. The standard InChI is InChI=1S/C36H42ClF2N3O4/c1-22(43)20-46-34-23(2)26(15-16-41-34)19-42(27-11-12-27)35(44)28-18-40-21-36(3,4)31(28)25-9-7-24(8-10-25)6-5-17-45-33-30(39)14-13-29(38)32(33)37/h7-10,13-16,22,27,40,43H,5-6,11-12,17-21H2,1-4H3. The van der Waals surface area contributed by atoms with Gasteiger partial charge in [-0.25, -0.2) is 13.8 Å². The lowest BCUT2D eigenvalue weighted by Gasteiger charge is -2.37. The number of hydrogen-bond donors (Lipinski definition) is 2. The van der Waals surface area contributed by atoms with E-state index in [1.54, 1.807) is 13.1 Å². The van der Waals surface area contributed by atoms with Gasteiger partial charge in [0.05, 0.1) is 12.7 Å². The smallest absolute Gasteiger partial charge is 0.251 e. The number of aryl methyl sites for hydroxylation is 1. The molecule has 46 heavy (non-hydrogen) atoms. The number of amides is 1. The van der Waals surface area contributed by atoms with Gasteiger partial charge in [0.25, 0.3) is 5.91 Å². The van der Waals surface area contributed by atoms with Crippen molar-refractivity contribution in [1.29, 1.82) is 0 Å². The van der Waals surface area contributed by atoms with Gasteiger partial charge in [-0.15, -0.1) is 0 Å². The minimum atomic E-state index is -0.720. The number of carbonyl (C=O) groups excluding carboxylic acids is 1. The maximum Gasteiger partial charge on any atom is 0.251 e. The number of benzene rings is 2. The van der Waals surface area contributed by atoms with Gasteiger partial charge in [-0.2, -0.15) is 0 Å². The summed E-state index contributed by atoms with van der Waals surface area (Å²) in [5, 5.41) is 12.8. The van der Waals surface area contributed by atoms with Crippen LogP contribution < -0.4 is 14.8 Å². The number of aliphatic hydroxyl groups is 1. The third-order valence-corrected chi connectivity index (χ3v) is 8.88. The number of ether oxygens (including phenoxy) is 2. The molecule has 2 N–H and O–H groups in total. The maximum absolute atomic E-state index is 14.4. The highest BCUT2D eigenvalue weighted by atomic mass is 35.5. The van der Waals surface area contributed by atoms with E-state index in [0.29, 0.717) is 31.8 Å². The lowest BCUT2D eigenvalue weighted by atomic mass is 9.75. The van der Waals surface area contributed by atoms with E-state index >= 15 is 0 Å². The second-order valence-corrected chi connectivity index (χ2v) is 13.3. The van der Waals surface area contributed by atoms with Crippen LogP contribution in [0.15, 0.2) is 54.2 Å². The van der Waals surface area contributed by atoms with Crippen molar-refractivity contribution >= 4 is 23.1 Å². The summed E-state index contributed by atoms with van der Waals surface area (Å²) in [5.41, 5.74) is 5.44. The SMILES string of the molecule is Cc1c(CN(C(=O)C2=C(c3ccc(CCCOc4c(F)ccc(F)c4Cl)cc3)C(C)(C)CNC2)C2CC2)ccnc1OCC(C)O. The number of nitrogens with zero attached hydrogens (tertiary/aromatic N) is 2. The molecule has 2 heterocycles. The minimum absolute atomic E-state index is 0.0323. The summed E-state index contributed by atoms with van der Waals surface area (Å²) in [4.78, 5) is 20.7. The van der Waals surface area contributed by atoms with Crippen LogP contribution >= 0.6 is 11.6 Å². The van der Waals surface area contributed by atoms with Gasteiger partial charge < -0.3 is 24.8 Å². The van der Waals surface area contributed by atoms with Crippen LogP contribution in [0.5, 0.6) is 11.6 Å². The zero-order valence-electron chi connectivity index (χ0n) is 26.8. The van der Waals surface area contributed by atoms with Crippen molar-refractivity contribution in [3.8, 4) is 11.6 Å². The average molecular weight is 654 g/mol. The molecule has 1 aliphatic heterocycles.